The molecule has 5 N–H and O–H groups in total. The minimum atomic E-state index is -1.75. The first-order valence-corrected chi connectivity index (χ1v) is 8.66. The van der Waals surface area contributed by atoms with E-state index >= 15 is 0 Å². The molecule has 138 valence electrons. The molecule has 0 spiro atoms. The molecule has 3 aliphatic carbocycles. The summed E-state index contributed by atoms with van der Waals surface area (Å²) in [7, 11) is 0. The lowest BCUT2D eigenvalue weighted by Crippen LogP contribution is -2.49. The molecule has 0 aromatic heterocycles. The lowest BCUT2D eigenvalue weighted by atomic mass is 9.59. The third-order valence-corrected chi connectivity index (χ3v) is 6.12. The third kappa shape index (κ3) is 1.76. The van der Waals surface area contributed by atoms with E-state index in [9.17, 15) is 35.1 Å². The number of Topliss-reactive ketones (excluding diaryl/α,β-unsaturated/α-hetero) is 2. The van der Waals surface area contributed by atoms with Gasteiger partial charge in [-0.15, -0.1) is 0 Å². The number of rotatable bonds is 0. The summed E-state index contributed by atoms with van der Waals surface area (Å²) in [6.45, 7) is 0. The van der Waals surface area contributed by atoms with Gasteiger partial charge < -0.3 is 25.5 Å². The SMILES string of the molecule is O=C1CCC2(O)c3ccc(O)c4c3C(c3ccc(O)c1c32)C(O)C(O)C4=O. The molecule has 0 heterocycles. The van der Waals surface area contributed by atoms with E-state index in [2.05, 4.69) is 0 Å². The number of benzene rings is 2. The van der Waals surface area contributed by atoms with Gasteiger partial charge in [0.25, 0.3) is 0 Å². The van der Waals surface area contributed by atoms with Crippen LogP contribution in [0.5, 0.6) is 11.5 Å². The predicted molar refractivity (Wildman–Crippen MR) is 91.0 cm³/mol. The van der Waals surface area contributed by atoms with Crippen molar-refractivity contribution in [2.45, 2.75) is 36.6 Å². The van der Waals surface area contributed by atoms with E-state index in [1.807, 2.05) is 0 Å². The Bertz CT molecular complexity index is 1060. The van der Waals surface area contributed by atoms with Gasteiger partial charge in [-0.1, -0.05) is 12.1 Å². The van der Waals surface area contributed by atoms with Gasteiger partial charge in [0.1, 0.15) is 23.2 Å². The first-order chi connectivity index (χ1) is 12.8. The van der Waals surface area contributed by atoms with E-state index in [1.54, 1.807) is 0 Å². The predicted octanol–water partition coefficient (Wildman–Crippen LogP) is 0.674. The molecule has 0 amide bonds. The van der Waals surface area contributed by atoms with Crippen LogP contribution in [0.25, 0.3) is 0 Å². The maximum Gasteiger partial charge on any atom is 0.197 e. The second kappa shape index (κ2) is 4.95. The van der Waals surface area contributed by atoms with Crippen molar-refractivity contribution >= 4 is 11.6 Å². The summed E-state index contributed by atoms with van der Waals surface area (Å²) in [5, 5.41) is 52.9. The number of fused-ring (bicyclic) bond motifs is 2. The summed E-state index contributed by atoms with van der Waals surface area (Å²) in [6.07, 6.45) is -3.22. The average molecular weight is 368 g/mol. The molecule has 4 atom stereocenters. The molecule has 2 aromatic carbocycles. The minimum Gasteiger partial charge on any atom is -0.507 e. The van der Waals surface area contributed by atoms with Crippen LogP contribution in [0.1, 0.15) is 61.7 Å². The van der Waals surface area contributed by atoms with Crippen LogP contribution in [-0.4, -0.2) is 49.3 Å². The number of ketones is 2. The molecule has 0 bridgehead atoms. The molecular formula is C20H16O7. The van der Waals surface area contributed by atoms with E-state index < -0.39 is 29.5 Å². The summed E-state index contributed by atoms with van der Waals surface area (Å²) >= 11 is 0. The summed E-state index contributed by atoms with van der Waals surface area (Å²) in [5.41, 5.74) is -0.648. The zero-order valence-electron chi connectivity index (χ0n) is 14.0. The van der Waals surface area contributed by atoms with Crippen molar-refractivity contribution in [3.8, 4) is 11.5 Å². The molecule has 0 saturated carbocycles. The Morgan fingerprint density at radius 1 is 0.963 bits per heavy atom. The molecular weight excluding hydrogens is 352 g/mol. The first kappa shape index (κ1) is 16.4. The molecule has 0 radical (unpaired) electrons. The van der Waals surface area contributed by atoms with Crippen LogP contribution >= 0.6 is 0 Å². The molecule has 7 heteroatoms. The first-order valence-electron chi connectivity index (χ1n) is 8.66. The number of aliphatic hydroxyl groups excluding tert-OH is 2. The van der Waals surface area contributed by atoms with Crippen molar-refractivity contribution in [3.05, 3.63) is 57.6 Å². The van der Waals surface area contributed by atoms with Crippen molar-refractivity contribution in [1.29, 1.82) is 0 Å². The highest BCUT2D eigenvalue weighted by Crippen LogP contribution is 2.57. The molecule has 27 heavy (non-hydrogen) atoms. The van der Waals surface area contributed by atoms with Crippen molar-refractivity contribution < 1.29 is 35.1 Å². The van der Waals surface area contributed by atoms with Crippen LogP contribution in [0.2, 0.25) is 0 Å². The Balaban J connectivity index is 1.96. The third-order valence-electron chi connectivity index (χ3n) is 6.12. The van der Waals surface area contributed by atoms with Gasteiger partial charge in [-0.3, -0.25) is 9.59 Å². The maximum absolute atomic E-state index is 12.5. The van der Waals surface area contributed by atoms with Gasteiger partial charge >= 0.3 is 0 Å². The van der Waals surface area contributed by atoms with Crippen LogP contribution in [0, 0.1) is 0 Å². The van der Waals surface area contributed by atoms with E-state index in [0.29, 0.717) is 11.1 Å². The molecule has 0 saturated heterocycles. The number of carbonyl (C=O) groups excluding carboxylic acids is 2. The van der Waals surface area contributed by atoms with Crippen molar-refractivity contribution in [2.75, 3.05) is 0 Å². The molecule has 0 aliphatic heterocycles. The lowest BCUT2D eigenvalue weighted by molar-refractivity contribution is 0.00237. The smallest absolute Gasteiger partial charge is 0.197 e. The van der Waals surface area contributed by atoms with Crippen molar-refractivity contribution in [2.24, 2.45) is 0 Å². The Hall–Kier alpha value is -2.74. The number of carbonyl (C=O) groups is 2. The number of phenolic OH excluding ortho intramolecular Hbond substituents is 2. The van der Waals surface area contributed by atoms with Gasteiger partial charge in [-0.05, 0) is 35.2 Å². The zero-order valence-corrected chi connectivity index (χ0v) is 14.0. The van der Waals surface area contributed by atoms with Crippen molar-refractivity contribution in [3.63, 3.8) is 0 Å². The second-order valence-electron chi connectivity index (χ2n) is 7.41. The second-order valence-corrected chi connectivity index (χ2v) is 7.41. The van der Waals surface area contributed by atoms with Crippen LogP contribution < -0.4 is 0 Å². The van der Waals surface area contributed by atoms with E-state index in [4.69, 9.17) is 0 Å². The highest BCUT2D eigenvalue weighted by Gasteiger charge is 2.54. The lowest BCUT2D eigenvalue weighted by Gasteiger charge is -2.47. The Kier molecular flexibility index (Phi) is 3.01. The summed E-state index contributed by atoms with van der Waals surface area (Å²) in [6, 6.07) is 5.51. The van der Waals surface area contributed by atoms with Gasteiger partial charge in [-0.25, -0.2) is 0 Å². The average Bonchev–Trinajstić information content (AvgIpc) is 2.63. The Labute approximate surface area is 153 Å². The molecule has 2 aromatic rings. The fourth-order valence-corrected chi connectivity index (χ4v) is 4.95. The number of phenols is 2. The van der Waals surface area contributed by atoms with Gasteiger partial charge in [0, 0.05) is 17.9 Å². The molecule has 7 nitrogen and oxygen atoms in total. The molecule has 3 aliphatic rings. The standard InChI is InChI=1S/C20H16O7/c21-9-3-1-7-12-13-8(20(27)6-5-11(23)14(9)16(7)20)2-4-10(22)15(13)18(25)19(26)17(12)24/h1-4,12,17,19,21-22,24,26-27H,5-6H2. The fraction of sp³-hybridized carbons (Fsp3) is 0.300. The highest BCUT2D eigenvalue weighted by atomic mass is 16.3. The van der Waals surface area contributed by atoms with Gasteiger partial charge in [0.15, 0.2) is 11.6 Å². The van der Waals surface area contributed by atoms with E-state index in [-0.39, 0.29) is 52.4 Å². The normalized spacial score (nSPS) is 30.7. The van der Waals surface area contributed by atoms with Crippen LogP contribution in [0.3, 0.4) is 0 Å². The van der Waals surface area contributed by atoms with Crippen LogP contribution in [0.15, 0.2) is 24.3 Å². The molecule has 5 rings (SSSR count). The van der Waals surface area contributed by atoms with Gasteiger partial charge in [0.2, 0.25) is 0 Å². The maximum atomic E-state index is 12.5. The largest absolute Gasteiger partial charge is 0.507 e. The van der Waals surface area contributed by atoms with Crippen LogP contribution in [0.4, 0.5) is 0 Å². The topological polar surface area (TPSA) is 135 Å². The number of hydrogen-bond acceptors (Lipinski definition) is 7. The van der Waals surface area contributed by atoms with Gasteiger partial charge in [0.05, 0.1) is 17.2 Å². The summed E-state index contributed by atoms with van der Waals surface area (Å²) in [5.74, 6) is -2.66. The number of aromatic hydroxyl groups is 2. The Morgan fingerprint density at radius 3 is 2.37 bits per heavy atom. The van der Waals surface area contributed by atoms with Crippen molar-refractivity contribution in [1.82, 2.24) is 0 Å². The Morgan fingerprint density at radius 2 is 1.63 bits per heavy atom. The zero-order chi connectivity index (χ0) is 19.2. The highest BCUT2D eigenvalue weighted by molar-refractivity contribution is 6.07. The number of aliphatic hydroxyl groups is 3. The van der Waals surface area contributed by atoms with Gasteiger partial charge in [-0.2, -0.15) is 0 Å². The van der Waals surface area contributed by atoms with E-state index in [1.165, 1.54) is 24.3 Å². The molecule has 0 fully saturated rings. The summed E-state index contributed by atoms with van der Waals surface area (Å²) in [4.78, 5) is 25.0. The molecule has 4 unspecified atom stereocenters. The monoisotopic (exact) mass is 368 g/mol. The quantitative estimate of drug-likeness (QED) is 0.461. The number of hydrogen-bond donors (Lipinski definition) is 5. The van der Waals surface area contributed by atoms with E-state index in [0.717, 1.165) is 0 Å². The fourth-order valence-electron chi connectivity index (χ4n) is 4.95. The van der Waals surface area contributed by atoms with Crippen LogP contribution in [-0.2, 0) is 5.60 Å². The minimum absolute atomic E-state index is 0.0000449. The summed E-state index contributed by atoms with van der Waals surface area (Å²) < 4.78 is 0.